The minimum Gasteiger partial charge on any atom is -0.318 e. The second kappa shape index (κ2) is 4.29. The second-order valence-corrected chi connectivity index (χ2v) is 3.30. The molecule has 0 saturated heterocycles. The molecular formula is C12H8N4. The van der Waals surface area contributed by atoms with Gasteiger partial charge in [0, 0.05) is 18.9 Å². The van der Waals surface area contributed by atoms with Crippen LogP contribution in [0.4, 0.5) is 0 Å². The van der Waals surface area contributed by atoms with Crippen LogP contribution in [-0.4, -0.2) is 9.55 Å². The third kappa shape index (κ3) is 1.92. The fourth-order valence-electron chi connectivity index (χ4n) is 1.49. The molecule has 0 radical (unpaired) electrons. The van der Waals surface area contributed by atoms with Crippen LogP contribution < -0.4 is 0 Å². The lowest BCUT2D eigenvalue weighted by Crippen LogP contribution is -2.01. The van der Waals surface area contributed by atoms with Crippen molar-refractivity contribution >= 4 is 0 Å². The fraction of sp³-hybridized carbons (Fsp3) is 0.0833. The van der Waals surface area contributed by atoms with Gasteiger partial charge < -0.3 is 4.57 Å². The number of nitrogens with zero attached hydrogens (tertiary/aromatic N) is 4. The van der Waals surface area contributed by atoms with Gasteiger partial charge in [-0.3, -0.25) is 0 Å². The van der Waals surface area contributed by atoms with Crippen molar-refractivity contribution < 1.29 is 0 Å². The first-order valence-electron chi connectivity index (χ1n) is 4.74. The molecule has 1 aromatic heterocycles. The van der Waals surface area contributed by atoms with Crippen molar-refractivity contribution in [2.24, 2.45) is 0 Å². The van der Waals surface area contributed by atoms with Crippen LogP contribution in [0.5, 0.6) is 0 Å². The van der Waals surface area contributed by atoms with Gasteiger partial charge in [0.05, 0.1) is 11.6 Å². The monoisotopic (exact) mass is 208 g/mol. The van der Waals surface area contributed by atoms with E-state index in [9.17, 15) is 0 Å². The summed E-state index contributed by atoms with van der Waals surface area (Å²) in [6.07, 6.45) is 3.34. The average molecular weight is 208 g/mol. The molecule has 1 aromatic carbocycles. The van der Waals surface area contributed by atoms with E-state index in [0.29, 0.717) is 17.9 Å². The Kier molecular flexibility index (Phi) is 2.67. The predicted octanol–water partition coefficient (Wildman–Crippen LogP) is 1.67. The number of hydrogen-bond acceptors (Lipinski definition) is 3. The molecule has 0 unspecified atom stereocenters. The maximum absolute atomic E-state index is 8.80. The maximum Gasteiger partial charge on any atom is 0.213 e. The zero-order valence-electron chi connectivity index (χ0n) is 8.46. The lowest BCUT2D eigenvalue weighted by atomic mass is 10.1. The van der Waals surface area contributed by atoms with Crippen molar-refractivity contribution in [2.75, 3.05) is 0 Å². The molecule has 2 aromatic rings. The van der Waals surface area contributed by atoms with Gasteiger partial charge in [0.2, 0.25) is 5.82 Å². The molecule has 0 aliphatic rings. The summed E-state index contributed by atoms with van der Waals surface area (Å²) in [4.78, 5) is 3.91. The van der Waals surface area contributed by atoms with Gasteiger partial charge in [-0.2, -0.15) is 10.5 Å². The van der Waals surface area contributed by atoms with Gasteiger partial charge in [0.25, 0.3) is 0 Å². The summed E-state index contributed by atoms with van der Waals surface area (Å²) in [6.45, 7) is 0.554. The SMILES string of the molecule is N#Cc1cccc(Cn2ccnc2C#N)c1. The topological polar surface area (TPSA) is 65.4 Å². The fourth-order valence-corrected chi connectivity index (χ4v) is 1.49. The minimum atomic E-state index is 0.377. The summed E-state index contributed by atoms with van der Waals surface area (Å²) in [5, 5.41) is 17.6. The summed E-state index contributed by atoms with van der Waals surface area (Å²) in [7, 11) is 0. The van der Waals surface area contributed by atoms with E-state index < -0.39 is 0 Å². The van der Waals surface area contributed by atoms with Gasteiger partial charge in [-0.1, -0.05) is 12.1 Å². The van der Waals surface area contributed by atoms with Gasteiger partial charge in [0.1, 0.15) is 6.07 Å². The van der Waals surface area contributed by atoms with Crippen molar-refractivity contribution in [2.45, 2.75) is 6.54 Å². The van der Waals surface area contributed by atoms with E-state index in [0.717, 1.165) is 5.56 Å². The first-order chi connectivity index (χ1) is 7.83. The molecular weight excluding hydrogens is 200 g/mol. The quantitative estimate of drug-likeness (QED) is 0.754. The van der Waals surface area contributed by atoms with E-state index in [1.807, 2.05) is 18.2 Å². The van der Waals surface area contributed by atoms with Crippen LogP contribution >= 0.6 is 0 Å². The van der Waals surface area contributed by atoms with Gasteiger partial charge in [-0.15, -0.1) is 0 Å². The predicted molar refractivity (Wildman–Crippen MR) is 57.2 cm³/mol. The van der Waals surface area contributed by atoms with Crippen LogP contribution in [0.15, 0.2) is 36.7 Å². The molecule has 1 heterocycles. The van der Waals surface area contributed by atoms with E-state index >= 15 is 0 Å². The third-order valence-electron chi connectivity index (χ3n) is 2.22. The highest BCUT2D eigenvalue weighted by Gasteiger charge is 2.02. The molecule has 0 spiro atoms. The Balaban J connectivity index is 2.28. The van der Waals surface area contributed by atoms with Gasteiger partial charge >= 0.3 is 0 Å². The molecule has 4 nitrogen and oxygen atoms in total. The van der Waals surface area contributed by atoms with E-state index in [1.165, 1.54) is 0 Å². The average Bonchev–Trinajstić information content (AvgIpc) is 2.76. The van der Waals surface area contributed by atoms with Crippen LogP contribution in [0.2, 0.25) is 0 Å². The second-order valence-electron chi connectivity index (χ2n) is 3.30. The lowest BCUT2D eigenvalue weighted by Gasteiger charge is -2.03. The zero-order valence-corrected chi connectivity index (χ0v) is 8.46. The molecule has 0 saturated carbocycles. The number of rotatable bonds is 2. The maximum atomic E-state index is 8.80. The molecule has 0 fully saturated rings. The summed E-state index contributed by atoms with van der Waals surface area (Å²) in [5.74, 6) is 0.377. The first kappa shape index (κ1) is 9.95. The van der Waals surface area contributed by atoms with Crippen LogP contribution in [0.1, 0.15) is 17.0 Å². The molecule has 0 aliphatic heterocycles. The number of benzene rings is 1. The highest BCUT2D eigenvalue weighted by Crippen LogP contribution is 2.07. The first-order valence-corrected chi connectivity index (χ1v) is 4.74. The number of aromatic nitrogens is 2. The Morgan fingerprint density at radius 3 is 2.88 bits per heavy atom. The van der Waals surface area contributed by atoms with Crippen molar-refractivity contribution in [3.8, 4) is 12.1 Å². The largest absolute Gasteiger partial charge is 0.318 e. The third-order valence-corrected chi connectivity index (χ3v) is 2.22. The highest BCUT2D eigenvalue weighted by atomic mass is 15.1. The molecule has 2 rings (SSSR count). The molecule has 0 amide bonds. The molecule has 16 heavy (non-hydrogen) atoms. The molecule has 76 valence electrons. The van der Waals surface area contributed by atoms with Crippen LogP contribution in [0.25, 0.3) is 0 Å². The van der Waals surface area contributed by atoms with Gasteiger partial charge in [0.15, 0.2) is 0 Å². The summed E-state index contributed by atoms with van der Waals surface area (Å²) in [5.41, 5.74) is 1.60. The highest BCUT2D eigenvalue weighted by molar-refractivity contribution is 5.33. The Morgan fingerprint density at radius 2 is 2.12 bits per heavy atom. The van der Waals surface area contributed by atoms with Crippen molar-refractivity contribution in [1.82, 2.24) is 9.55 Å². The Hall–Kier alpha value is -2.59. The normalized spacial score (nSPS) is 9.38. The molecule has 0 bridgehead atoms. The summed E-state index contributed by atoms with van der Waals surface area (Å²) >= 11 is 0. The Bertz CT molecular complexity index is 584. The number of imidazole rings is 1. The van der Waals surface area contributed by atoms with E-state index in [-0.39, 0.29) is 0 Å². The Labute approximate surface area is 93.0 Å². The van der Waals surface area contributed by atoms with E-state index in [1.54, 1.807) is 29.1 Å². The van der Waals surface area contributed by atoms with Gasteiger partial charge in [-0.25, -0.2) is 4.98 Å². The zero-order chi connectivity index (χ0) is 11.4. The molecule has 0 N–H and O–H groups in total. The van der Waals surface area contributed by atoms with Crippen molar-refractivity contribution in [3.05, 3.63) is 53.6 Å². The number of hydrogen-bond donors (Lipinski definition) is 0. The Morgan fingerprint density at radius 1 is 1.25 bits per heavy atom. The van der Waals surface area contributed by atoms with E-state index in [4.69, 9.17) is 10.5 Å². The number of nitriles is 2. The standard InChI is InChI=1S/C12H8N4/c13-7-10-2-1-3-11(6-10)9-16-5-4-15-12(16)8-14/h1-6H,9H2. The molecule has 4 heteroatoms. The lowest BCUT2D eigenvalue weighted by molar-refractivity contribution is 0.782. The smallest absolute Gasteiger partial charge is 0.213 e. The van der Waals surface area contributed by atoms with Crippen LogP contribution in [-0.2, 0) is 6.54 Å². The van der Waals surface area contributed by atoms with Crippen molar-refractivity contribution in [3.63, 3.8) is 0 Å². The van der Waals surface area contributed by atoms with Crippen LogP contribution in [0, 0.1) is 22.7 Å². The molecule has 0 atom stereocenters. The van der Waals surface area contributed by atoms with Crippen LogP contribution in [0.3, 0.4) is 0 Å². The van der Waals surface area contributed by atoms with Crippen molar-refractivity contribution in [1.29, 1.82) is 10.5 Å². The summed E-state index contributed by atoms with van der Waals surface area (Å²) < 4.78 is 1.75. The van der Waals surface area contributed by atoms with E-state index in [2.05, 4.69) is 11.1 Å². The minimum absolute atomic E-state index is 0.377. The van der Waals surface area contributed by atoms with Gasteiger partial charge in [-0.05, 0) is 17.7 Å². The summed E-state index contributed by atoms with van der Waals surface area (Å²) in [6, 6.07) is 11.4. The molecule has 0 aliphatic carbocycles.